The number of carbonyl (C=O) groups excluding carboxylic acids is 1. The van der Waals surface area contributed by atoms with Crippen molar-refractivity contribution in [3.8, 4) is 11.3 Å². The number of aromatic nitrogens is 1. The van der Waals surface area contributed by atoms with Crippen molar-refractivity contribution in [2.24, 2.45) is 0 Å². The third-order valence-electron chi connectivity index (χ3n) is 4.74. The van der Waals surface area contributed by atoms with Crippen molar-refractivity contribution in [2.75, 3.05) is 24.5 Å². The number of nitrogens with zero attached hydrogens (tertiary/aromatic N) is 2. The predicted octanol–water partition coefficient (Wildman–Crippen LogP) is 3.52. The monoisotopic (exact) mass is 347 g/mol. The predicted molar refractivity (Wildman–Crippen MR) is 101 cm³/mol. The van der Waals surface area contributed by atoms with Crippen molar-refractivity contribution in [3.63, 3.8) is 0 Å². The Morgan fingerprint density at radius 1 is 1.12 bits per heavy atom. The number of aryl methyl sites for hydroxylation is 1. The first kappa shape index (κ1) is 16.4. The van der Waals surface area contributed by atoms with Crippen molar-refractivity contribution >= 4 is 11.6 Å². The maximum atomic E-state index is 12.6. The highest BCUT2D eigenvalue weighted by atomic mass is 16.5. The largest absolute Gasteiger partial charge is 0.370 e. The summed E-state index contributed by atoms with van der Waals surface area (Å²) in [5.74, 6) is -0.157. The van der Waals surface area contributed by atoms with Crippen LogP contribution in [0.25, 0.3) is 11.3 Å². The van der Waals surface area contributed by atoms with E-state index in [0.717, 1.165) is 31.5 Å². The number of nitrogens with one attached hydrogen (secondary N) is 1. The highest BCUT2D eigenvalue weighted by molar-refractivity contribution is 5.99. The van der Waals surface area contributed by atoms with E-state index in [1.54, 1.807) is 0 Å². The molecule has 0 saturated carbocycles. The molecule has 0 unspecified atom stereocenters. The van der Waals surface area contributed by atoms with E-state index in [4.69, 9.17) is 4.52 Å². The lowest BCUT2D eigenvalue weighted by atomic mass is 10.0. The summed E-state index contributed by atoms with van der Waals surface area (Å²) in [5.41, 5.74) is 4.58. The van der Waals surface area contributed by atoms with Gasteiger partial charge in [0.2, 0.25) is 0 Å². The van der Waals surface area contributed by atoms with Crippen molar-refractivity contribution in [3.05, 3.63) is 72.0 Å². The highest BCUT2D eigenvalue weighted by Crippen LogP contribution is 2.26. The number of rotatable bonds is 5. The second kappa shape index (κ2) is 7.44. The van der Waals surface area contributed by atoms with Crippen LogP contribution in [0.3, 0.4) is 0 Å². The first-order valence-electron chi connectivity index (χ1n) is 8.94. The van der Waals surface area contributed by atoms with Crippen molar-refractivity contribution < 1.29 is 9.32 Å². The topological polar surface area (TPSA) is 58.4 Å². The zero-order valence-corrected chi connectivity index (χ0v) is 14.5. The van der Waals surface area contributed by atoms with E-state index in [2.05, 4.69) is 39.6 Å². The standard InChI is InChI=1S/C21H21N3O2/c25-21(18-15-26-23-20(18)17-8-2-1-3-9-17)22-12-14-24-13-6-10-16-7-4-5-11-19(16)24/h1-5,7-9,11,15H,6,10,12-14H2,(H,22,25). The zero-order valence-electron chi connectivity index (χ0n) is 14.5. The number of anilines is 1. The minimum atomic E-state index is -0.157. The van der Waals surface area contributed by atoms with Crippen LogP contribution in [-0.4, -0.2) is 30.7 Å². The van der Waals surface area contributed by atoms with Crippen LogP contribution in [0.5, 0.6) is 0 Å². The van der Waals surface area contributed by atoms with Gasteiger partial charge in [0.05, 0.1) is 0 Å². The number of hydrogen-bond acceptors (Lipinski definition) is 4. The fraction of sp³-hybridized carbons (Fsp3) is 0.238. The van der Waals surface area contributed by atoms with Crippen LogP contribution in [0.2, 0.25) is 0 Å². The maximum Gasteiger partial charge on any atom is 0.256 e. The Morgan fingerprint density at radius 3 is 2.81 bits per heavy atom. The molecule has 4 rings (SSSR count). The molecule has 26 heavy (non-hydrogen) atoms. The Hall–Kier alpha value is -3.08. The molecule has 0 fully saturated rings. The number of benzene rings is 2. The molecule has 0 aliphatic carbocycles. The minimum Gasteiger partial charge on any atom is -0.370 e. The van der Waals surface area contributed by atoms with E-state index in [1.165, 1.54) is 17.5 Å². The molecular weight excluding hydrogens is 326 g/mol. The number of fused-ring (bicyclic) bond motifs is 1. The fourth-order valence-electron chi connectivity index (χ4n) is 3.45. The van der Waals surface area contributed by atoms with Gasteiger partial charge in [-0.1, -0.05) is 53.7 Å². The maximum absolute atomic E-state index is 12.6. The van der Waals surface area contributed by atoms with Gasteiger partial charge in [-0.2, -0.15) is 0 Å². The number of carbonyl (C=O) groups is 1. The molecule has 5 heteroatoms. The molecule has 1 aliphatic rings. The summed E-state index contributed by atoms with van der Waals surface area (Å²) in [6.07, 6.45) is 3.68. The molecule has 0 radical (unpaired) electrons. The molecule has 5 nitrogen and oxygen atoms in total. The highest BCUT2D eigenvalue weighted by Gasteiger charge is 2.19. The van der Waals surface area contributed by atoms with Crippen LogP contribution < -0.4 is 10.2 Å². The lowest BCUT2D eigenvalue weighted by Gasteiger charge is -2.31. The molecular formula is C21H21N3O2. The number of hydrogen-bond donors (Lipinski definition) is 1. The van der Waals surface area contributed by atoms with Gasteiger partial charge in [-0.15, -0.1) is 0 Å². The molecule has 2 heterocycles. The molecule has 1 aromatic heterocycles. The average molecular weight is 347 g/mol. The Kier molecular flexibility index (Phi) is 4.69. The van der Waals surface area contributed by atoms with Crippen LogP contribution in [0, 0.1) is 0 Å². The summed E-state index contributed by atoms with van der Waals surface area (Å²) in [4.78, 5) is 14.9. The second-order valence-electron chi connectivity index (χ2n) is 6.42. The molecule has 0 saturated heterocycles. The Balaban J connectivity index is 1.40. The van der Waals surface area contributed by atoms with Crippen LogP contribution >= 0.6 is 0 Å². The molecule has 0 atom stereocenters. The summed E-state index contributed by atoms with van der Waals surface area (Å²) in [6, 6.07) is 18.1. The fourth-order valence-corrected chi connectivity index (χ4v) is 3.45. The summed E-state index contributed by atoms with van der Waals surface area (Å²) in [7, 11) is 0. The van der Waals surface area contributed by atoms with Gasteiger partial charge in [-0.05, 0) is 24.5 Å². The summed E-state index contributed by atoms with van der Waals surface area (Å²) in [5, 5.41) is 6.98. The molecule has 0 spiro atoms. The van der Waals surface area contributed by atoms with Gasteiger partial charge in [0.25, 0.3) is 5.91 Å². The molecule has 1 N–H and O–H groups in total. The molecule has 3 aromatic rings. The quantitative estimate of drug-likeness (QED) is 0.767. The summed E-state index contributed by atoms with van der Waals surface area (Å²) >= 11 is 0. The number of para-hydroxylation sites is 1. The third kappa shape index (κ3) is 3.33. The zero-order chi connectivity index (χ0) is 17.8. The van der Waals surface area contributed by atoms with Gasteiger partial charge >= 0.3 is 0 Å². The first-order valence-corrected chi connectivity index (χ1v) is 8.94. The van der Waals surface area contributed by atoms with Gasteiger partial charge in [0, 0.05) is 30.9 Å². The summed E-state index contributed by atoms with van der Waals surface area (Å²) < 4.78 is 5.04. The smallest absolute Gasteiger partial charge is 0.256 e. The minimum absolute atomic E-state index is 0.157. The lowest BCUT2D eigenvalue weighted by Crippen LogP contribution is -2.37. The van der Waals surface area contributed by atoms with Crippen LogP contribution in [0.1, 0.15) is 22.3 Å². The van der Waals surface area contributed by atoms with E-state index in [0.29, 0.717) is 17.8 Å². The Bertz CT molecular complexity index is 889. The SMILES string of the molecule is O=C(NCCN1CCCc2ccccc21)c1conc1-c1ccccc1. The van der Waals surface area contributed by atoms with E-state index in [-0.39, 0.29) is 5.91 Å². The normalized spacial score (nSPS) is 13.3. The van der Waals surface area contributed by atoms with Crippen LogP contribution in [0.15, 0.2) is 65.4 Å². The van der Waals surface area contributed by atoms with E-state index in [1.807, 2.05) is 30.3 Å². The van der Waals surface area contributed by atoms with Gasteiger partial charge in [0.1, 0.15) is 17.5 Å². The van der Waals surface area contributed by atoms with Gasteiger partial charge < -0.3 is 14.7 Å². The molecule has 1 amide bonds. The molecule has 2 aromatic carbocycles. The number of amides is 1. The Morgan fingerprint density at radius 2 is 1.92 bits per heavy atom. The van der Waals surface area contributed by atoms with E-state index >= 15 is 0 Å². The first-order chi connectivity index (χ1) is 12.8. The molecule has 1 aliphatic heterocycles. The Labute approximate surface area is 152 Å². The van der Waals surface area contributed by atoms with Crippen LogP contribution in [-0.2, 0) is 6.42 Å². The third-order valence-corrected chi connectivity index (χ3v) is 4.74. The van der Waals surface area contributed by atoms with E-state index < -0.39 is 0 Å². The van der Waals surface area contributed by atoms with Gasteiger partial charge in [-0.25, -0.2) is 0 Å². The summed E-state index contributed by atoms with van der Waals surface area (Å²) in [6.45, 7) is 2.39. The second-order valence-corrected chi connectivity index (χ2v) is 6.42. The lowest BCUT2D eigenvalue weighted by molar-refractivity contribution is 0.0954. The van der Waals surface area contributed by atoms with E-state index in [9.17, 15) is 4.79 Å². The van der Waals surface area contributed by atoms with Gasteiger partial charge in [-0.3, -0.25) is 4.79 Å². The molecule has 0 bridgehead atoms. The average Bonchev–Trinajstić information content (AvgIpc) is 3.19. The van der Waals surface area contributed by atoms with Crippen molar-refractivity contribution in [1.29, 1.82) is 0 Å². The van der Waals surface area contributed by atoms with Crippen molar-refractivity contribution in [2.45, 2.75) is 12.8 Å². The van der Waals surface area contributed by atoms with Crippen LogP contribution in [0.4, 0.5) is 5.69 Å². The van der Waals surface area contributed by atoms with Crippen molar-refractivity contribution in [1.82, 2.24) is 10.5 Å². The van der Waals surface area contributed by atoms with Gasteiger partial charge in [0.15, 0.2) is 0 Å². The molecule has 132 valence electrons.